The van der Waals surface area contributed by atoms with E-state index >= 15 is 0 Å². The Kier molecular flexibility index (Phi) is 8.93. The van der Waals surface area contributed by atoms with Crippen LogP contribution in [0.1, 0.15) is 58.2 Å². The summed E-state index contributed by atoms with van der Waals surface area (Å²) in [5.41, 5.74) is 4.50. The largest absolute Gasteiger partial charge is 0.495 e. The van der Waals surface area contributed by atoms with Gasteiger partial charge in [0.15, 0.2) is 0 Å². The Morgan fingerprint density at radius 2 is 1.27 bits per heavy atom. The molecule has 0 amide bonds. The Labute approximate surface area is 223 Å². The van der Waals surface area contributed by atoms with Crippen LogP contribution in [-0.2, 0) is 10.8 Å². The number of fused-ring (bicyclic) bond motifs is 1. The highest BCUT2D eigenvalue weighted by Crippen LogP contribution is 2.39. The first-order valence-electron chi connectivity index (χ1n) is 9.98. The Hall–Kier alpha value is -0.0900. The molecule has 3 aromatic rings. The fraction of sp³-hybridized carbons (Fsp3) is 0.385. The van der Waals surface area contributed by atoms with Crippen LogP contribution in [0.25, 0.3) is 10.8 Å². The Bertz CT molecular complexity index is 1040. The molecule has 162 valence electrons. The van der Waals surface area contributed by atoms with Gasteiger partial charge in [-0.2, -0.15) is 0 Å². The van der Waals surface area contributed by atoms with E-state index < -0.39 is 0 Å². The van der Waals surface area contributed by atoms with E-state index in [2.05, 4.69) is 159 Å². The van der Waals surface area contributed by atoms with E-state index in [0.29, 0.717) is 0 Å². The molecule has 0 aromatic heterocycles. The molecule has 1 nitrogen and oxygen atoms in total. The first-order valence-corrected chi connectivity index (χ1v) is 13.2. The van der Waals surface area contributed by atoms with Gasteiger partial charge < -0.3 is 4.74 Å². The normalized spacial score (nSPS) is 11.8. The molecule has 0 bridgehead atoms. The van der Waals surface area contributed by atoms with Crippen molar-refractivity contribution in [2.24, 2.45) is 0 Å². The lowest BCUT2D eigenvalue weighted by Gasteiger charge is -2.24. The SMILES string of the molecule is COc1c(I)cc(I)c(C(C)(C)C)c1I.Cc1ccc2cc(C(C)(C)C)ccc2c1. The number of methoxy groups -OCH3 is 1. The van der Waals surface area contributed by atoms with Crippen molar-refractivity contribution in [3.05, 3.63) is 69.9 Å². The minimum Gasteiger partial charge on any atom is -0.495 e. The number of benzene rings is 3. The molecule has 0 aliphatic rings. The smallest absolute Gasteiger partial charge is 0.145 e. The molecule has 0 aliphatic heterocycles. The molecule has 0 N–H and O–H groups in total. The zero-order valence-electron chi connectivity index (χ0n) is 19.1. The molecule has 0 saturated heterocycles. The van der Waals surface area contributed by atoms with E-state index in [9.17, 15) is 0 Å². The van der Waals surface area contributed by atoms with Gasteiger partial charge in [-0.25, -0.2) is 0 Å². The molecular weight excluding hydrogens is 709 g/mol. The second kappa shape index (κ2) is 10.2. The summed E-state index contributed by atoms with van der Waals surface area (Å²) < 4.78 is 9.18. The number of ether oxygens (including phenoxy) is 1. The molecule has 4 heteroatoms. The minimum atomic E-state index is 0.157. The van der Waals surface area contributed by atoms with Crippen LogP contribution in [0.2, 0.25) is 0 Å². The maximum absolute atomic E-state index is 5.45. The highest BCUT2D eigenvalue weighted by Gasteiger charge is 2.24. The molecule has 0 spiro atoms. The number of hydrogen-bond donors (Lipinski definition) is 0. The third-order valence-electron chi connectivity index (χ3n) is 4.94. The minimum absolute atomic E-state index is 0.157. The van der Waals surface area contributed by atoms with Crippen molar-refractivity contribution in [2.45, 2.75) is 59.3 Å². The average Bonchev–Trinajstić information content (AvgIpc) is 2.59. The van der Waals surface area contributed by atoms with Crippen LogP contribution in [0.4, 0.5) is 0 Å². The molecular formula is C26H31I3O. The van der Waals surface area contributed by atoms with Gasteiger partial charge >= 0.3 is 0 Å². The van der Waals surface area contributed by atoms with Gasteiger partial charge in [0, 0.05) is 3.57 Å². The van der Waals surface area contributed by atoms with Gasteiger partial charge in [0.1, 0.15) is 5.75 Å². The van der Waals surface area contributed by atoms with Gasteiger partial charge in [-0.05, 0) is 113 Å². The van der Waals surface area contributed by atoms with Crippen LogP contribution in [0.15, 0.2) is 42.5 Å². The lowest BCUT2D eigenvalue weighted by molar-refractivity contribution is 0.406. The second-order valence-corrected chi connectivity index (χ2v) is 13.0. The van der Waals surface area contributed by atoms with Gasteiger partial charge in [0.25, 0.3) is 0 Å². The Balaban J connectivity index is 0.000000214. The zero-order valence-corrected chi connectivity index (χ0v) is 25.6. The maximum Gasteiger partial charge on any atom is 0.145 e. The van der Waals surface area contributed by atoms with Crippen LogP contribution < -0.4 is 4.74 Å². The third kappa shape index (κ3) is 6.47. The fourth-order valence-corrected chi connectivity index (χ4v) is 8.71. The zero-order chi connectivity index (χ0) is 22.9. The molecule has 0 atom stereocenters. The van der Waals surface area contributed by atoms with Gasteiger partial charge in [0.05, 0.1) is 14.3 Å². The lowest BCUT2D eigenvalue weighted by atomic mass is 9.86. The molecule has 0 unspecified atom stereocenters. The topological polar surface area (TPSA) is 9.23 Å². The second-order valence-electron chi connectivity index (χ2n) is 9.63. The van der Waals surface area contributed by atoms with Gasteiger partial charge in [-0.1, -0.05) is 83.5 Å². The predicted molar refractivity (Wildman–Crippen MR) is 157 cm³/mol. The summed E-state index contributed by atoms with van der Waals surface area (Å²) in [5, 5.41) is 2.68. The summed E-state index contributed by atoms with van der Waals surface area (Å²) in [6.45, 7) is 15.6. The number of hydrogen-bond acceptors (Lipinski definition) is 1. The summed E-state index contributed by atoms with van der Waals surface area (Å²) in [6.07, 6.45) is 0. The first kappa shape index (κ1) is 26.2. The Morgan fingerprint density at radius 3 is 1.80 bits per heavy atom. The summed E-state index contributed by atoms with van der Waals surface area (Å²) in [6, 6.07) is 15.6. The summed E-state index contributed by atoms with van der Waals surface area (Å²) in [5.74, 6) is 1.00. The molecule has 3 rings (SSSR count). The standard InChI is InChI=1S/C15H18.C11H13I3O/c1-11-5-6-13-10-14(15(2,3)4)8-7-12(13)9-11;1-11(2,3)8-6(12)5-7(13)10(15-4)9(8)14/h5-10H,1-4H3;5H,1-4H3. The molecule has 0 saturated carbocycles. The van der Waals surface area contributed by atoms with E-state index in [1.807, 2.05) is 0 Å². The average molecular weight is 740 g/mol. The quantitative estimate of drug-likeness (QED) is 0.226. The van der Waals surface area contributed by atoms with Crippen LogP contribution in [0.3, 0.4) is 0 Å². The van der Waals surface area contributed by atoms with Crippen molar-refractivity contribution in [3.63, 3.8) is 0 Å². The van der Waals surface area contributed by atoms with Crippen molar-refractivity contribution in [2.75, 3.05) is 7.11 Å². The number of halogens is 3. The molecule has 30 heavy (non-hydrogen) atoms. The molecule has 0 radical (unpaired) electrons. The molecule has 0 fully saturated rings. The van der Waals surface area contributed by atoms with Crippen molar-refractivity contribution in [1.29, 1.82) is 0 Å². The van der Waals surface area contributed by atoms with Crippen molar-refractivity contribution in [3.8, 4) is 5.75 Å². The van der Waals surface area contributed by atoms with E-state index in [0.717, 1.165) is 5.75 Å². The summed E-state index contributed by atoms with van der Waals surface area (Å²) >= 11 is 7.11. The van der Waals surface area contributed by atoms with E-state index in [1.165, 1.54) is 38.2 Å². The first-order chi connectivity index (χ1) is 13.8. The predicted octanol–water partition coefficient (Wildman–Crippen LogP) is 9.25. The highest BCUT2D eigenvalue weighted by atomic mass is 127. The van der Waals surface area contributed by atoms with Crippen molar-refractivity contribution in [1.82, 2.24) is 0 Å². The van der Waals surface area contributed by atoms with Crippen LogP contribution in [0.5, 0.6) is 5.75 Å². The van der Waals surface area contributed by atoms with Gasteiger partial charge in [-0.15, -0.1) is 0 Å². The fourth-order valence-electron chi connectivity index (χ4n) is 3.28. The monoisotopic (exact) mass is 740 g/mol. The third-order valence-corrected chi connectivity index (χ3v) is 7.63. The highest BCUT2D eigenvalue weighted by molar-refractivity contribution is 14.1. The number of aryl methyl sites for hydroxylation is 1. The van der Waals surface area contributed by atoms with E-state index in [1.54, 1.807) is 7.11 Å². The van der Waals surface area contributed by atoms with Crippen LogP contribution in [0, 0.1) is 17.6 Å². The van der Waals surface area contributed by atoms with Crippen LogP contribution >= 0.6 is 67.8 Å². The van der Waals surface area contributed by atoms with Crippen molar-refractivity contribution >= 4 is 78.5 Å². The summed E-state index contributed by atoms with van der Waals surface area (Å²) in [7, 11) is 1.74. The van der Waals surface area contributed by atoms with Gasteiger partial charge in [0.2, 0.25) is 0 Å². The maximum atomic E-state index is 5.45. The molecule has 0 heterocycles. The lowest BCUT2D eigenvalue weighted by Crippen LogP contribution is -2.16. The molecule has 0 aliphatic carbocycles. The molecule has 3 aromatic carbocycles. The van der Waals surface area contributed by atoms with Gasteiger partial charge in [-0.3, -0.25) is 0 Å². The van der Waals surface area contributed by atoms with E-state index in [-0.39, 0.29) is 10.8 Å². The van der Waals surface area contributed by atoms with E-state index in [4.69, 9.17) is 4.74 Å². The Morgan fingerprint density at radius 1 is 0.700 bits per heavy atom. The van der Waals surface area contributed by atoms with Crippen LogP contribution in [-0.4, -0.2) is 7.11 Å². The number of rotatable bonds is 1. The summed E-state index contributed by atoms with van der Waals surface area (Å²) in [4.78, 5) is 0. The van der Waals surface area contributed by atoms with Crippen molar-refractivity contribution < 1.29 is 4.74 Å².